The van der Waals surface area contributed by atoms with Crippen molar-refractivity contribution in [1.82, 2.24) is 20.4 Å². The number of urea groups is 1. The molecule has 1 unspecified atom stereocenters. The molecule has 2 N–H and O–H groups in total. The predicted octanol–water partition coefficient (Wildman–Crippen LogP) is -0.678. The van der Waals surface area contributed by atoms with Crippen molar-refractivity contribution in [1.29, 1.82) is 0 Å². The number of ether oxygens (including phenoxy) is 1. The summed E-state index contributed by atoms with van der Waals surface area (Å²) in [6.07, 6.45) is 0. The van der Waals surface area contributed by atoms with Crippen molar-refractivity contribution in [2.24, 2.45) is 0 Å². The number of rotatable bonds is 3. The summed E-state index contributed by atoms with van der Waals surface area (Å²) in [5, 5.41) is 6.33. The highest BCUT2D eigenvalue weighted by Crippen LogP contribution is 1.99. The molecule has 6 heteroatoms. The molecule has 2 rings (SSSR count). The van der Waals surface area contributed by atoms with Crippen LogP contribution in [0.4, 0.5) is 4.79 Å². The zero-order valence-corrected chi connectivity index (χ0v) is 11.2. The smallest absolute Gasteiger partial charge is 0.317 e. The topological polar surface area (TPSA) is 56.8 Å². The number of morpholine rings is 1. The fourth-order valence-electron chi connectivity index (χ4n) is 2.37. The number of carbonyl (C=O) groups excluding carboxylic acids is 1. The number of piperazine rings is 1. The van der Waals surface area contributed by atoms with Gasteiger partial charge in [0.15, 0.2) is 0 Å². The molecule has 2 amide bonds. The van der Waals surface area contributed by atoms with E-state index in [9.17, 15) is 4.79 Å². The van der Waals surface area contributed by atoms with Gasteiger partial charge in [-0.15, -0.1) is 0 Å². The second-order valence-electron chi connectivity index (χ2n) is 4.99. The second kappa shape index (κ2) is 6.92. The first-order valence-corrected chi connectivity index (χ1v) is 6.82. The predicted molar refractivity (Wildman–Crippen MR) is 69.7 cm³/mol. The zero-order chi connectivity index (χ0) is 12.8. The minimum absolute atomic E-state index is 0.0663. The molecule has 104 valence electrons. The van der Waals surface area contributed by atoms with Crippen LogP contribution in [0.1, 0.15) is 6.92 Å². The number of hydrogen-bond donors (Lipinski definition) is 2. The lowest BCUT2D eigenvalue weighted by Crippen LogP contribution is -2.54. The van der Waals surface area contributed by atoms with Crippen LogP contribution >= 0.6 is 0 Å². The molecule has 0 saturated carbocycles. The van der Waals surface area contributed by atoms with Gasteiger partial charge >= 0.3 is 6.03 Å². The lowest BCUT2D eigenvalue weighted by Gasteiger charge is -2.32. The lowest BCUT2D eigenvalue weighted by molar-refractivity contribution is 0.0385. The quantitative estimate of drug-likeness (QED) is 0.703. The summed E-state index contributed by atoms with van der Waals surface area (Å²) in [7, 11) is 0. The SMILES string of the molecule is CC1CN(C(=O)NCCN2CCOCC2)CCN1. The van der Waals surface area contributed by atoms with Gasteiger partial charge < -0.3 is 20.3 Å². The molecular formula is C12H24N4O2. The zero-order valence-electron chi connectivity index (χ0n) is 11.2. The number of hydrogen-bond acceptors (Lipinski definition) is 4. The minimum Gasteiger partial charge on any atom is -0.379 e. The Morgan fingerprint density at radius 3 is 2.89 bits per heavy atom. The van der Waals surface area contributed by atoms with Crippen LogP contribution in [0.15, 0.2) is 0 Å². The highest BCUT2D eigenvalue weighted by Gasteiger charge is 2.20. The Kier molecular flexibility index (Phi) is 5.22. The Hall–Kier alpha value is -0.850. The third-order valence-corrected chi connectivity index (χ3v) is 3.46. The molecule has 2 aliphatic heterocycles. The van der Waals surface area contributed by atoms with Crippen molar-refractivity contribution in [3.05, 3.63) is 0 Å². The van der Waals surface area contributed by atoms with E-state index < -0.39 is 0 Å². The number of amides is 2. The fraction of sp³-hybridized carbons (Fsp3) is 0.917. The Morgan fingerprint density at radius 2 is 2.17 bits per heavy atom. The van der Waals surface area contributed by atoms with Crippen LogP contribution in [-0.4, -0.2) is 80.9 Å². The summed E-state index contributed by atoms with van der Waals surface area (Å²) in [5.74, 6) is 0. The first kappa shape index (κ1) is 13.6. The molecule has 0 radical (unpaired) electrons. The van der Waals surface area contributed by atoms with Gasteiger partial charge in [-0.1, -0.05) is 0 Å². The molecule has 2 saturated heterocycles. The Morgan fingerprint density at radius 1 is 1.39 bits per heavy atom. The molecule has 1 atom stereocenters. The maximum Gasteiger partial charge on any atom is 0.317 e. The van der Waals surface area contributed by atoms with Crippen LogP contribution in [0.5, 0.6) is 0 Å². The molecule has 0 spiro atoms. The van der Waals surface area contributed by atoms with Crippen LogP contribution in [0.2, 0.25) is 0 Å². The summed E-state index contributed by atoms with van der Waals surface area (Å²) < 4.78 is 5.29. The van der Waals surface area contributed by atoms with E-state index in [0.29, 0.717) is 6.04 Å². The molecule has 2 aliphatic rings. The van der Waals surface area contributed by atoms with Gasteiger partial charge in [0.05, 0.1) is 13.2 Å². The van der Waals surface area contributed by atoms with E-state index in [0.717, 1.165) is 59.0 Å². The van der Waals surface area contributed by atoms with Crippen molar-refractivity contribution in [3.63, 3.8) is 0 Å². The van der Waals surface area contributed by atoms with Gasteiger partial charge in [-0.2, -0.15) is 0 Å². The molecule has 2 heterocycles. The second-order valence-corrected chi connectivity index (χ2v) is 4.99. The van der Waals surface area contributed by atoms with Crippen molar-refractivity contribution in [2.45, 2.75) is 13.0 Å². The Balaban J connectivity index is 1.61. The summed E-state index contributed by atoms with van der Waals surface area (Å²) in [6, 6.07) is 0.459. The monoisotopic (exact) mass is 256 g/mol. The maximum absolute atomic E-state index is 11.9. The van der Waals surface area contributed by atoms with Gasteiger partial charge in [0.25, 0.3) is 0 Å². The van der Waals surface area contributed by atoms with Crippen LogP contribution in [0, 0.1) is 0 Å². The van der Waals surface area contributed by atoms with Gasteiger partial charge in [-0.05, 0) is 6.92 Å². The normalized spacial score (nSPS) is 26.1. The molecular weight excluding hydrogens is 232 g/mol. The maximum atomic E-state index is 11.9. The van der Waals surface area contributed by atoms with Gasteiger partial charge in [0.1, 0.15) is 0 Å². The van der Waals surface area contributed by atoms with Gasteiger partial charge in [-0.25, -0.2) is 4.79 Å². The van der Waals surface area contributed by atoms with Crippen LogP contribution < -0.4 is 10.6 Å². The average Bonchev–Trinajstić information content (AvgIpc) is 2.40. The van der Waals surface area contributed by atoms with Gasteiger partial charge in [0.2, 0.25) is 0 Å². The molecule has 0 aliphatic carbocycles. The van der Waals surface area contributed by atoms with E-state index in [1.165, 1.54) is 0 Å². The van der Waals surface area contributed by atoms with Crippen LogP contribution in [0.3, 0.4) is 0 Å². The summed E-state index contributed by atoms with van der Waals surface area (Å²) in [4.78, 5) is 16.1. The Bertz CT molecular complexity index is 269. The molecule has 2 fully saturated rings. The van der Waals surface area contributed by atoms with E-state index in [-0.39, 0.29) is 6.03 Å². The Labute approximate surface area is 109 Å². The number of nitrogens with zero attached hydrogens (tertiary/aromatic N) is 2. The largest absolute Gasteiger partial charge is 0.379 e. The average molecular weight is 256 g/mol. The molecule has 0 bridgehead atoms. The van der Waals surface area contributed by atoms with Gasteiger partial charge in [0, 0.05) is 51.9 Å². The van der Waals surface area contributed by atoms with Crippen molar-refractivity contribution in [2.75, 3.05) is 59.0 Å². The highest BCUT2D eigenvalue weighted by atomic mass is 16.5. The lowest BCUT2D eigenvalue weighted by atomic mass is 10.2. The summed E-state index contributed by atoms with van der Waals surface area (Å²) in [5.41, 5.74) is 0. The highest BCUT2D eigenvalue weighted by molar-refractivity contribution is 5.74. The summed E-state index contributed by atoms with van der Waals surface area (Å²) in [6.45, 7) is 9.78. The van der Waals surface area contributed by atoms with E-state index in [1.807, 2.05) is 4.90 Å². The standard InChI is InChI=1S/C12H24N4O2/c1-11-10-16(5-3-13-11)12(17)14-2-4-15-6-8-18-9-7-15/h11,13H,2-10H2,1H3,(H,14,17). The number of nitrogens with one attached hydrogen (secondary N) is 2. The first-order valence-electron chi connectivity index (χ1n) is 6.82. The third-order valence-electron chi connectivity index (χ3n) is 3.46. The van der Waals surface area contributed by atoms with Crippen LogP contribution in [-0.2, 0) is 4.74 Å². The van der Waals surface area contributed by atoms with E-state index in [4.69, 9.17) is 4.74 Å². The fourth-order valence-corrected chi connectivity index (χ4v) is 2.37. The van der Waals surface area contributed by atoms with E-state index in [2.05, 4.69) is 22.5 Å². The van der Waals surface area contributed by atoms with E-state index in [1.54, 1.807) is 0 Å². The number of carbonyl (C=O) groups is 1. The molecule has 0 aromatic rings. The molecule has 0 aromatic carbocycles. The third kappa shape index (κ3) is 4.12. The van der Waals surface area contributed by atoms with Gasteiger partial charge in [-0.3, -0.25) is 4.90 Å². The van der Waals surface area contributed by atoms with E-state index >= 15 is 0 Å². The first-order chi connectivity index (χ1) is 8.75. The molecule has 0 aromatic heterocycles. The molecule has 18 heavy (non-hydrogen) atoms. The molecule has 6 nitrogen and oxygen atoms in total. The van der Waals surface area contributed by atoms with Crippen LogP contribution in [0.25, 0.3) is 0 Å². The van der Waals surface area contributed by atoms with Crippen molar-refractivity contribution >= 4 is 6.03 Å². The van der Waals surface area contributed by atoms with Crippen molar-refractivity contribution in [3.8, 4) is 0 Å². The van der Waals surface area contributed by atoms with Crippen molar-refractivity contribution < 1.29 is 9.53 Å². The minimum atomic E-state index is 0.0663. The summed E-state index contributed by atoms with van der Waals surface area (Å²) >= 11 is 0.